The number of pyridine rings is 1. The maximum Gasteiger partial charge on any atom is 0.333 e. The molecular formula is C30H25F2N5O. The molecule has 5 aromatic rings. The van der Waals surface area contributed by atoms with Crippen molar-refractivity contribution in [2.45, 2.75) is 25.7 Å². The number of halogens is 2. The van der Waals surface area contributed by atoms with E-state index in [1.54, 1.807) is 25.4 Å². The van der Waals surface area contributed by atoms with Crippen LogP contribution in [0.4, 0.5) is 8.78 Å². The Bertz CT molecular complexity index is 1830. The lowest BCUT2D eigenvalue weighted by molar-refractivity contribution is 0.616. The number of nitrogens with zero attached hydrogens (tertiary/aromatic N) is 4. The number of rotatable bonds is 6. The van der Waals surface area contributed by atoms with Gasteiger partial charge in [0.15, 0.2) is 0 Å². The Morgan fingerprint density at radius 3 is 2.50 bits per heavy atom. The molecule has 0 aliphatic rings. The quantitative estimate of drug-likeness (QED) is 0.332. The van der Waals surface area contributed by atoms with Crippen LogP contribution in [0.5, 0.6) is 0 Å². The van der Waals surface area contributed by atoms with E-state index in [1.165, 1.54) is 33.4 Å². The summed E-state index contributed by atoms with van der Waals surface area (Å²) in [6, 6.07) is 16.1. The number of imidazole rings is 1. The van der Waals surface area contributed by atoms with E-state index in [2.05, 4.69) is 11.6 Å². The number of aromatic nitrogens is 3. The zero-order valence-corrected chi connectivity index (χ0v) is 21.0. The largest absolute Gasteiger partial charge is 0.402 e. The Hall–Kier alpha value is -4.77. The van der Waals surface area contributed by atoms with Crippen molar-refractivity contribution in [1.29, 1.82) is 5.26 Å². The number of nitrogens with two attached hydrogens (primary N) is 1. The Balaban J connectivity index is 1.77. The summed E-state index contributed by atoms with van der Waals surface area (Å²) in [5.41, 5.74) is 11.0. The molecule has 38 heavy (non-hydrogen) atoms. The van der Waals surface area contributed by atoms with Gasteiger partial charge in [0.25, 0.3) is 0 Å². The van der Waals surface area contributed by atoms with Gasteiger partial charge in [-0.25, -0.2) is 13.6 Å². The Kier molecular flexibility index (Phi) is 6.29. The van der Waals surface area contributed by atoms with Crippen molar-refractivity contribution < 1.29 is 8.78 Å². The molecule has 1 atom stereocenters. The Morgan fingerprint density at radius 1 is 1.13 bits per heavy atom. The molecule has 0 aliphatic carbocycles. The first-order valence-electron chi connectivity index (χ1n) is 12.1. The molecule has 0 bridgehead atoms. The molecule has 6 nitrogen and oxygen atoms in total. The lowest BCUT2D eigenvalue weighted by atomic mass is 9.87. The van der Waals surface area contributed by atoms with Gasteiger partial charge < -0.3 is 5.73 Å². The van der Waals surface area contributed by atoms with Gasteiger partial charge in [0.05, 0.1) is 40.1 Å². The van der Waals surface area contributed by atoms with Gasteiger partial charge in [-0.15, -0.1) is 0 Å². The number of allylic oxidation sites excluding steroid dienone is 1. The van der Waals surface area contributed by atoms with E-state index in [9.17, 15) is 9.18 Å². The van der Waals surface area contributed by atoms with Gasteiger partial charge in [0, 0.05) is 24.0 Å². The summed E-state index contributed by atoms with van der Waals surface area (Å²) in [7, 11) is 1.61. The number of fused-ring (bicyclic) bond motifs is 3. The third-order valence-electron chi connectivity index (χ3n) is 7.05. The molecule has 0 spiro atoms. The summed E-state index contributed by atoms with van der Waals surface area (Å²) in [5.74, 6) is -1.27. The number of benzene rings is 3. The molecule has 1 unspecified atom stereocenters. The van der Waals surface area contributed by atoms with Crippen LogP contribution in [0.3, 0.4) is 0 Å². The van der Waals surface area contributed by atoms with Crippen molar-refractivity contribution in [2.75, 3.05) is 0 Å². The monoisotopic (exact) mass is 509 g/mol. The van der Waals surface area contributed by atoms with Gasteiger partial charge in [-0.2, -0.15) is 5.26 Å². The molecule has 2 N–H and O–H groups in total. The molecule has 8 heteroatoms. The maximum atomic E-state index is 15.1. The summed E-state index contributed by atoms with van der Waals surface area (Å²) in [6.45, 7) is 6.01. The number of aryl methyl sites for hydroxylation is 2. The molecule has 190 valence electrons. The third kappa shape index (κ3) is 4.12. The Morgan fingerprint density at radius 2 is 1.87 bits per heavy atom. The van der Waals surface area contributed by atoms with E-state index in [-0.39, 0.29) is 23.0 Å². The molecule has 0 saturated carbocycles. The van der Waals surface area contributed by atoms with Gasteiger partial charge in [0.1, 0.15) is 11.6 Å². The highest BCUT2D eigenvalue weighted by Gasteiger charge is 2.21. The van der Waals surface area contributed by atoms with E-state index in [0.717, 1.165) is 29.2 Å². The van der Waals surface area contributed by atoms with Crippen molar-refractivity contribution in [1.82, 2.24) is 14.1 Å². The second-order valence-electron chi connectivity index (χ2n) is 9.32. The van der Waals surface area contributed by atoms with Crippen LogP contribution in [0.15, 0.2) is 77.9 Å². The normalized spacial score (nSPS) is 12.1. The molecule has 3 aromatic carbocycles. The minimum absolute atomic E-state index is 0.0488. The number of hydrogen-bond acceptors (Lipinski definition) is 4. The first-order chi connectivity index (χ1) is 18.2. The number of nitriles is 1. The van der Waals surface area contributed by atoms with Crippen LogP contribution < -0.4 is 11.4 Å². The topological polar surface area (TPSA) is 89.6 Å². The first-order valence-corrected chi connectivity index (χ1v) is 12.1. The SMILES string of the molecule is C=C(N)C(Cc1cc2c(cc1CC)ncc1c2n(-c2ccc(C#N)cc2F)c(=O)n1C)c1ccc(F)cc1. The average Bonchev–Trinajstić information content (AvgIpc) is 3.17. The minimum atomic E-state index is -0.676. The zero-order valence-electron chi connectivity index (χ0n) is 21.0. The van der Waals surface area contributed by atoms with Crippen LogP contribution in [-0.4, -0.2) is 14.1 Å². The van der Waals surface area contributed by atoms with Gasteiger partial charge >= 0.3 is 5.69 Å². The predicted molar refractivity (Wildman–Crippen MR) is 144 cm³/mol. The molecule has 0 amide bonds. The summed E-state index contributed by atoms with van der Waals surface area (Å²) in [5, 5.41) is 9.83. The van der Waals surface area contributed by atoms with Gasteiger partial charge in [0.2, 0.25) is 0 Å². The van der Waals surface area contributed by atoms with Crippen LogP contribution >= 0.6 is 0 Å². The molecule has 5 rings (SSSR count). The molecule has 2 aromatic heterocycles. The summed E-state index contributed by atoms with van der Waals surface area (Å²) in [4.78, 5) is 17.9. The highest BCUT2D eigenvalue weighted by Crippen LogP contribution is 2.32. The minimum Gasteiger partial charge on any atom is -0.402 e. The highest BCUT2D eigenvalue weighted by atomic mass is 19.1. The summed E-state index contributed by atoms with van der Waals surface area (Å²) >= 11 is 0. The molecule has 0 fully saturated rings. The van der Waals surface area contributed by atoms with E-state index >= 15 is 4.39 Å². The standard InChI is InChI=1S/C30H25F2N5O/c1-4-19-14-26-24(13-21(19)12-23(17(2)34)20-6-8-22(31)9-7-20)29-28(16-35-26)36(3)30(38)37(29)27-10-5-18(15-33)11-25(27)32/h5-11,13-14,16,23H,2,4,12,34H2,1,3H3. The maximum absolute atomic E-state index is 15.1. The lowest BCUT2D eigenvalue weighted by Gasteiger charge is -2.20. The van der Waals surface area contributed by atoms with E-state index in [4.69, 9.17) is 11.0 Å². The van der Waals surface area contributed by atoms with Gasteiger partial charge in [-0.05, 0) is 72.0 Å². The first kappa shape index (κ1) is 24.9. The fourth-order valence-corrected chi connectivity index (χ4v) is 5.01. The van der Waals surface area contributed by atoms with E-state index in [1.807, 2.05) is 25.1 Å². The van der Waals surface area contributed by atoms with E-state index < -0.39 is 11.5 Å². The van der Waals surface area contributed by atoms with Crippen LogP contribution in [0.25, 0.3) is 27.6 Å². The molecule has 2 heterocycles. The van der Waals surface area contributed by atoms with Crippen LogP contribution in [0.2, 0.25) is 0 Å². The van der Waals surface area contributed by atoms with Crippen molar-refractivity contribution in [3.05, 3.63) is 117 Å². The third-order valence-corrected chi connectivity index (χ3v) is 7.05. The lowest BCUT2D eigenvalue weighted by Crippen LogP contribution is -2.21. The summed E-state index contributed by atoms with van der Waals surface area (Å²) in [6.07, 6.45) is 2.84. The van der Waals surface area contributed by atoms with Crippen molar-refractivity contribution in [2.24, 2.45) is 12.8 Å². The van der Waals surface area contributed by atoms with Crippen LogP contribution in [-0.2, 0) is 19.9 Å². The second-order valence-corrected chi connectivity index (χ2v) is 9.32. The van der Waals surface area contributed by atoms with Gasteiger partial charge in [-0.1, -0.05) is 25.6 Å². The van der Waals surface area contributed by atoms with Crippen molar-refractivity contribution >= 4 is 21.9 Å². The fraction of sp³-hybridized carbons (Fsp3) is 0.167. The number of hydrogen-bond donors (Lipinski definition) is 1. The molecule has 0 radical (unpaired) electrons. The summed E-state index contributed by atoms with van der Waals surface area (Å²) < 4.78 is 31.4. The molecule has 0 aliphatic heterocycles. The zero-order chi connectivity index (χ0) is 27.1. The fourth-order valence-electron chi connectivity index (χ4n) is 5.01. The van der Waals surface area contributed by atoms with Crippen molar-refractivity contribution in [3.8, 4) is 11.8 Å². The highest BCUT2D eigenvalue weighted by molar-refractivity contribution is 6.03. The van der Waals surface area contributed by atoms with Crippen LogP contribution in [0.1, 0.15) is 35.1 Å². The second kappa shape index (κ2) is 9.60. The smallest absolute Gasteiger partial charge is 0.333 e. The molecular weight excluding hydrogens is 484 g/mol. The van der Waals surface area contributed by atoms with Gasteiger partial charge in [-0.3, -0.25) is 14.1 Å². The van der Waals surface area contributed by atoms with E-state index in [0.29, 0.717) is 34.1 Å². The molecule has 0 saturated heterocycles. The predicted octanol–water partition coefficient (Wildman–Crippen LogP) is 5.39. The van der Waals surface area contributed by atoms with Crippen LogP contribution in [0, 0.1) is 23.0 Å². The average molecular weight is 510 g/mol. The Labute approximate surface area is 217 Å². The van der Waals surface area contributed by atoms with Crippen molar-refractivity contribution in [3.63, 3.8) is 0 Å².